The van der Waals surface area contributed by atoms with Crippen molar-refractivity contribution in [2.24, 2.45) is 0 Å². The summed E-state index contributed by atoms with van der Waals surface area (Å²) in [6.45, 7) is 0.140. The Labute approximate surface area is 139 Å². The van der Waals surface area contributed by atoms with Crippen molar-refractivity contribution >= 4 is 11.7 Å². The molecular weight excluding hydrogens is 337 g/mol. The SMILES string of the molecule is Nc1ccc(CNC(=O)c2cc(-c3c(F)cc(F)cc3F)no2)cn1. The van der Waals surface area contributed by atoms with Crippen molar-refractivity contribution in [1.82, 2.24) is 15.5 Å². The first-order valence-corrected chi connectivity index (χ1v) is 7.04. The number of anilines is 1. The molecule has 0 aliphatic heterocycles. The molecule has 128 valence electrons. The number of benzene rings is 1. The van der Waals surface area contributed by atoms with Gasteiger partial charge in [0.25, 0.3) is 5.91 Å². The molecule has 0 atom stereocenters. The third kappa shape index (κ3) is 3.60. The Kier molecular flexibility index (Phi) is 4.38. The summed E-state index contributed by atoms with van der Waals surface area (Å²) in [6, 6.07) is 5.35. The average molecular weight is 348 g/mol. The number of nitrogen functional groups attached to an aromatic ring is 1. The van der Waals surface area contributed by atoms with E-state index in [-0.39, 0.29) is 18.0 Å². The summed E-state index contributed by atoms with van der Waals surface area (Å²) in [4.78, 5) is 15.9. The van der Waals surface area contributed by atoms with Crippen LogP contribution in [0.25, 0.3) is 11.3 Å². The fraction of sp³-hybridized carbons (Fsp3) is 0.0625. The number of nitrogens with two attached hydrogens (primary N) is 1. The Balaban J connectivity index is 1.75. The summed E-state index contributed by atoms with van der Waals surface area (Å²) >= 11 is 0. The number of pyridine rings is 1. The number of halogens is 3. The lowest BCUT2D eigenvalue weighted by atomic mass is 10.1. The highest BCUT2D eigenvalue weighted by Gasteiger charge is 2.20. The molecule has 0 saturated carbocycles. The van der Waals surface area contributed by atoms with E-state index in [4.69, 9.17) is 10.3 Å². The first-order chi connectivity index (χ1) is 11.9. The van der Waals surface area contributed by atoms with Crippen LogP contribution in [0.2, 0.25) is 0 Å². The van der Waals surface area contributed by atoms with Gasteiger partial charge in [0.1, 0.15) is 29.0 Å². The standard InChI is InChI=1S/C16H11F3N4O2/c17-9-3-10(18)15(11(19)4-9)12-5-13(25-23-12)16(24)22-7-8-1-2-14(20)21-6-8/h1-6H,7H2,(H2,20,21)(H,22,24). The number of hydrogen-bond donors (Lipinski definition) is 2. The molecular formula is C16H11F3N4O2. The summed E-state index contributed by atoms with van der Waals surface area (Å²) in [5.74, 6) is -3.90. The van der Waals surface area contributed by atoms with Gasteiger partial charge in [-0.3, -0.25) is 4.79 Å². The van der Waals surface area contributed by atoms with E-state index in [1.807, 2.05) is 0 Å². The van der Waals surface area contributed by atoms with Crippen molar-refractivity contribution in [3.05, 3.63) is 65.3 Å². The lowest BCUT2D eigenvalue weighted by Gasteiger charge is -2.02. The minimum absolute atomic E-state index is 0.140. The van der Waals surface area contributed by atoms with E-state index in [9.17, 15) is 18.0 Å². The fourth-order valence-corrected chi connectivity index (χ4v) is 2.10. The predicted octanol–water partition coefficient (Wildman–Crippen LogP) is 2.67. The Morgan fingerprint density at radius 2 is 1.88 bits per heavy atom. The van der Waals surface area contributed by atoms with Gasteiger partial charge in [-0.15, -0.1) is 0 Å². The summed E-state index contributed by atoms with van der Waals surface area (Å²) in [5, 5.41) is 6.00. The lowest BCUT2D eigenvalue weighted by Crippen LogP contribution is -2.22. The Morgan fingerprint density at radius 3 is 2.52 bits per heavy atom. The smallest absolute Gasteiger partial charge is 0.290 e. The molecule has 1 amide bonds. The zero-order valence-corrected chi connectivity index (χ0v) is 12.6. The van der Waals surface area contributed by atoms with E-state index in [2.05, 4.69) is 15.5 Å². The third-order valence-corrected chi connectivity index (χ3v) is 3.30. The molecule has 0 spiro atoms. The van der Waals surface area contributed by atoms with E-state index in [1.54, 1.807) is 12.1 Å². The molecule has 3 rings (SSSR count). The average Bonchev–Trinajstić information content (AvgIpc) is 3.03. The van der Waals surface area contributed by atoms with Gasteiger partial charge in [-0.05, 0) is 11.6 Å². The molecule has 0 fully saturated rings. The number of aromatic nitrogens is 2. The summed E-state index contributed by atoms with van der Waals surface area (Å²) in [5.41, 5.74) is 5.32. The van der Waals surface area contributed by atoms with Crippen LogP contribution in [0.5, 0.6) is 0 Å². The molecule has 0 saturated heterocycles. The highest BCUT2D eigenvalue weighted by atomic mass is 19.1. The van der Waals surface area contributed by atoms with E-state index in [0.717, 1.165) is 6.07 Å². The maximum Gasteiger partial charge on any atom is 0.290 e. The van der Waals surface area contributed by atoms with Crippen molar-refractivity contribution in [2.45, 2.75) is 6.54 Å². The maximum atomic E-state index is 13.7. The van der Waals surface area contributed by atoms with Gasteiger partial charge in [-0.25, -0.2) is 18.2 Å². The summed E-state index contributed by atoms with van der Waals surface area (Å²) in [7, 11) is 0. The van der Waals surface area contributed by atoms with Crippen molar-refractivity contribution < 1.29 is 22.5 Å². The van der Waals surface area contributed by atoms with Crippen LogP contribution >= 0.6 is 0 Å². The molecule has 3 N–H and O–H groups in total. The normalized spacial score (nSPS) is 10.7. The Bertz CT molecular complexity index is 902. The zero-order valence-electron chi connectivity index (χ0n) is 12.6. The number of carbonyl (C=O) groups excluding carboxylic acids is 1. The number of amides is 1. The van der Waals surface area contributed by atoms with Gasteiger partial charge in [-0.2, -0.15) is 0 Å². The van der Waals surface area contributed by atoms with Crippen LogP contribution in [0.3, 0.4) is 0 Å². The number of nitrogens with one attached hydrogen (secondary N) is 1. The Hall–Kier alpha value is -3.36. The topological polar surface area (TPSA) is 94.0 Å². The van der Waals surface area contributed by atoms with Gasteiger partial charge in [0.15, 0.2) is 0 Å². The number of nitrogens with zero attached hydrogens (tertiary/aromatic N) is 2. The molecule has 25 heavy (non-hydrogen) atoms. The van der Waals surface area contributed by atoms with Crippen LogP contribution in [-0.2, 0) is 6.54 Å². The van der Waals surface area contributed by atoms with Crippen molar-refractivity contribution in [3.8, 4) is 11.3 Å². The lowest BCUT2D eigenvalue weighted by molar-refractivity contribution is 0.0914. The van der Waals surface area contributed by atoms with Crippen LogP contribution in [0, 0.1) is 17.5 Å². The van der Waals surface area contributed by atoms with Gasteiger partial charge in [0, 0.05) is 30.9 Å². The molecule has 0 aliphatic carbocycles. The monoisotopic (exact) mass is 348 g/mol. The molecule has 6 nitrogen and oxygen atoms in total. The predicted molar refractivity (Wildman–Crippen MR) is 81.6 cm³/mol. The van der Waals surface area contributed by atoms with E-state index in [1.165, 1.54) is 6.20 Å². The van der Waals surface area contributed by atoms with Gasteiger partial charge in [0.05, 0.1) is 5.56 Å². The quantitative estimate of drug-likeness (QED) is 0.756. The van der Waals surface area contributed by atoms with Gasteiger partial charge in [0.2, 0.25) is 5.76 Å². The van der Waals surface area contributed by atoms with E-state index < -0.39 is 28.9 Å². The number of hydrogen-bond acceptors (Lipinski definition) is 5. The van der Waals surface area contributed by atoms with Crippen LogP contribution in [0.4, 0.5) is 19.0 Å². The second kappa shape index (κ2) is 6.63. The minimum atomic E-state index is -1.15. The second-order valence-corrected chi connectivity index (χ2v) is 5.09. The van der Waals surface area contributed by atoms with Crippen LogP contribution < -0.4 is 11.1 Å². The molecule has 2 heterocycles. The Morgan fingerprint density at radius 1 is 1.16 bits per heavy atom. The molecule has 0 aliphatic rings. The minimum Gasteiger partial charge on any atom is -0.384 e. The molecule has 9 heteroatoms. The largest absolute Gasteiger partial charge is 0.384 e. The van der Waals surface area contributed by atoms with Gasteiger partial charge < -0.3 is 15.6 Å². The first-order valence-electron chi connectivity index (χ1n) is 7.04. The first kappa shape index (κ1) is 16.5. The van der Waals surface area contributed by atoms with Gasteiger partial charge in [-0.1, -0.05) is 11.2 Å². The maximum absolute atomic E-state index is 13.7. The highest BCUT2D eigenvalue weighted by Crippen LogP contribution is 2.26. The van der Waals surface area contributed by atoms with Crippen molar-refractivity contribution in [3.63, 3.8) is 0 Å². The third-order valence-electron chi connectivity index (χ3n) is 3.30. The number of rotatable bonds is 4. The van der Waals surface area contributed by atoms with Crippen molar-refractivity contribution in [2.75, 3.05) is 5.73 Å². The molecule has 1 aromatic carbocycles. The highest BCUT2D eigenvalue weighted by molar-refractivity contribution is 5.92. The molecule has 2 aromatic heterocycles. The second-order valence-electron chi connectivity index (χ2n) is 5.09. The molecule has 0 radical (unpaired) electrons. The summed E-state index contributed by atoms with van der Waals surface area (Å²) in [6.07, 6.45) is 1.49. The van der Waals surface area contributed by atoms with E-state index in [0.29, 0.717) is 23.5 Å². The molecule has 0 bridgehead atoms. The van der Waals surface area contributed by atoms with Crippen LogP contribution in [-0.4, -0.2) is 16.0 Å². The van der Waals surface area contributed by atoms with Gasteiger partial charge >= 0.3 is 0 Å². The molecule has 0 unspecified atom stereocenters. The van der Waals surface area contributed by atoms with Crippen molar-refractivity contribution in [1.29, 1.82) is 0 Å². The zero-order chi connectivity index (χ0) is 18.0. The molecule has 3 aromatic rings. The fourth-order valence-electron chi connectivity index (χ4n) is 2.10. The van der Waals surface area contributed by atoms with Crippen LogP contribution in [0.15, 0.2) is 41.1 Å². The number of carbonyl (C=O) groups is 1. The van der Waals surface area contributed by atoms with E-state index >= 15 is 0 Å². The van der Waals surface area contributed by atoms with Crippen LogP contribution in [0.1, 0.15) is 16.1 Å². The summed E-state index contributed by atoms with van der Waals surface area (Å²) < 4.78 is 45.2.